The normalized spacial score (nSPS) is 14.3. The summed E-state index contributed by atoms with van der Waals surface area (Å²) in [6.45, 7) is 5.66. The molecule has 5 rings (SSSR count). The molecule has 1 aliphatic heterocycles. The van der Waals surface area contributed by atoms with Gasteiger partial charge in [0.05, 0.1) is 0 Å². The van der Waals surface area contributed by atoms with E-state index in [1.165, 1.54) is 5.56 Å². The predicted molar refractivity (Wildman–Crippen MR) is 175 cm³/mol. The van der Waals surface area contributed by atoms with Crippen LogP contribution in [0, 0.1) is 0 Å². The SMILES string of the molecule is CCCC(=O)Nc1cccc(C2CCN(CCCNC(=O)C(c3ccccc3)(c3ccccc3)c3ccccc3)CC2)c1. The van der Waals surface area contributed by atoms with Gasteiger partial charge in [-0.25, -0.2) is 0 Å². The molecule has 4 aromatic rings. The molecule has 1 saturated heterocycles. The third-order valence-electron chi connectivity index (χ3n) is 8.60. The van der Waals surface area contributed by atoms with Crippen molar-refractivity contribution in [2.45, 2.75) is 50.4 Å². The van der Waals surface area contributed by atoms with Crippen LogP contribution in [-0.2, 0) is 15.0 Å². The van der Waals surface area contributed by atoms with Crippen LogP contribution in [0.2, 0.25) is 0 Å². The van der Waals surface area contributed by atoms with Gasteiger partial charge < -0.3 is 15.5 Å². The van der Waals surface area contributed by atoms with Crippen molar-refractivity contribution in [1.29, 1.82) is 0 Å². The zero-order chi connectivity index (χ0) is 29.9. The van der Waals surface area contributed by atoms with Crippen LogP contribution in [0.3, 0.4) is 0 Å². The molecule has 1 fully saturated rings. The molecule has 0 atom stereocenters. The van der Waals surface area contributed by atoms with Crippen molar-refractivity contribution in [2.75, 3.05) is 31.5 Å². The van der Waals surface area contributed by atoms with Crippen molar-refractivity contribution in [1.82, 2.24) is 10.2 Å². The summed E-state index contributed by atoms with van der Waals surface area (Å²) < 4.78 is 0. The Hall–Kier alpha value is -4.22. The molecule has 0 spiro atoms. The zero-order valence-corrected chi connectivity index (χ0v) is 25.2. The van der Waals surface area contributed by atoms with Gasteiger partial charge in [-0.05, 0) is 85.6 Å². The summed E-state index contributed by atoms with van der Waals surface area (Å²) in [5.74, 6) is 0.582. The fourth-order valence-electron chi connectivity index (χ4n) is 6.41. The minimum absolute atomic E-state index is 0.000665. The average Bonchev–Trinajstić information content (AvgIpc) is 3.05. The number of carbonyl (C=O) groups is 2. The van der Waals surface area contributed by atoms with Crippen LogP contribution < -0.4 is 10.6 Å². The van der Waals surface area contributed by atoms with E-state index in [1.807, 2.05) is 73.7 Å². The molecular weight excluding hydrogens is 530 g/mol. The van der Waals surface area contributed by atoms with Crippen LogP contribution >= 0.6 is 0 Å². The molecule has 4 aromatic carbocycles. The minimum atomic E-state index is -0.938. The molecule has 0 bridgehead atoms. The van der Waals surface area contributed by atoms with Gasteiger partial charge in [0.2, 0.25) is 11.8 Å². The lowest BCUT2D eigenvalue weighted by Gasteiger charge is -2.35. The molecule has 0 aromatic heterocycles. The first-order valence-corrected chi connectivity index (χ1v) is 15.7. The van der Waals surface area contributed by atoms with Crippen LogP contribution in [0.4, 0.5) is 5.69 Å². The molecule has 0 unspecified atom stereocenters. The van der Waals surface area contributed by atoms with Gasteiger partial charge in [0.1, 0.15) is 5.41 Å². The number of likely N-dealkylation sites (tertiary alicyclic amines) is 1. The van der Waals surface area contributed by atoms with Gasteiger partial charge in [-0.15, -0.1) is 0 Å². The first-order valence-electron chi connectivity index (χ1n) is 15.7. The Kier molecular flexibility index (Phi) is 10.4. The van der Waals surface area contributed by atoms with Crippen LogP contribution in [0.15, 0.2) is 115 Å². The summed E-state index contributed by atoms with van der Waals surface area (Å²) in [4.78, 5) is 28.8. The summed E-state index contributed by atoms with van der Waals surface area (Å²) in [6.07, 6.45) is 4.48. The number of carbonyl (C=O) groups excluding carboxylic acids is 2. The maximum Gasteiger partial charge on any atom is 0.239 e. The number of amides is 2. The third kappa shape index (κ3) is 7.23. The largest absolute Gasteiger partial charge is 0.355 e. The van der Waals surface area contributed by atoms with Crippen molar-refractivity contribution >= 4 is 17.5 Å². The average molecular weight is 574 g/mol. The Morgan fingerprint density at radius 3 is 1.86 bits per heavy atom. The van der Waals surface area contributed by atoms with E-state index in [-0.39, 0.29) is 11.8 Å². The molecule has 1 aliphatic rings. The number of anilines is 1. The van der Waals surface area contributed by atoms with Gasteiger partial charge in [-0.1, -0.05) is 110 Å². The smallest absolute Gasteiger partial charge is 0.239 e. The van der Waals surface area contributed by atoms with Gasteiger partial charge in [0.15, 0.2) is 0 Å². The Balaban J connectivity index is 1.20. The summed E-state index contributed by atoms with van der Waals surface area (Å²) in [5.41, 5.74) is 4.14. The quantitative estimate of drug-likeness (QED) is 0.140. The lowest BCUT2D eigenvalue weighted by atomic mass is 9.68. The molecular formula is C38H43N3O2. The van der Waals surface area contributed by atoms with Gasteiger partial charge in [0, 0.05) is 18.7 Å². The Morgan fingerprint density at radius 2 is 1.33 bits per heavy atom. The summed E-state index contributed by atoms with van der Waals surface area (Å²) in [5, 5.41) is 6.36. The number of nitrogens with zero attached hydrogens (tertiary/aromatic N) is 1. The van der Waals surface area contributed by atoms with Crippen molar-refractivity contribution in [3.05, 3.63) is 138 Å². The highest BCUT2D eigenvalue weighted by Crippen LogP contribution is 2.39. The van der Waals surface area contributed by atoms with Crippen molar-refractivity contribution in [3.63, 3.8) is 0 Å². The van der Waals surface area contributed by atoms with E-state index in [0.717, 1.165) is 67.7 Å². The standard InChI is InChI=1S/C38H43N3O2/c1-2-14-36(42)40-35-22-12-15-31(29-35)30-23-27-41(28-24-30)26-13-25-39-37(43)38(32-16-6-3-7-17-32,33-18-8-4-9-19-33)34-20-10-5-11-21-34/h3-12,15-22,29-30H,2,13-14,23-28H2,1H3,(H,39,43)(H,40,42). The first-order chi connectivity index (χ1) is 21.1. The minimum Gasteiger partial charge on any atom is -0.355 e. The summed E-state index contributed by atoms with van der Waals surface area (Å²) >= 11 is 0. The van der Waals surface area contributed by atoms with Gasteiger partial charge in [-0.3, -0.25) is 9.59 Å². The Morgan fingerprint density at radius 1 is 0.767 bits per heavy atom. The molecule has 222 valence electrons. The summed E-state index contributed by atoms with van der Waals surface area (Å²) in [6, 6.07) is 38.7. The summed E-state index contributed by atoms with van der Waals surface area (Å²) in [7, 11) is 0. The Labute approximate surface area is 256 Å². The molecule has 0 saturated carbocycles. The van der Waals surface area contributed by atoms with E-state index in [0.29, 0.717) is 18.9 Å². The highest BCUT2D eigenvalue weighted by molar-refractivity contribution is 5.96. The number of nitrogens with one attached hydrogen (secondary N) is 2. The first kappa shape index (κ1) is 30.2. The molecule has 1 heterocycles. The van der Waals surface area contributed by atoms with E-state index < -0.39 is 5.41 Å². The topological polar surface area (TPSA) is 61.4 Å². The molecule has 0 aliphatic carbocycles. The number of benzene rings is 4. The molecule has 5 heteroatoms. The van der Waals surface area contributed by atoms with Gasteiger partial charge in [-0.2, -0.15) is 0 Å². The second-order valence-electron chi connectivity index (χ2n) is 11.5. The van der Waals surface area contributed by atoms with E-state index in [1.54, 1.807) is 0 Å². The number of rotatable bonds is 12. The fourth-order valence-corrected chi connectivity index (χ4v) is 6.41. The van der Waals surface area contributed by atoms with Crippen LogP contribution in [0.25, 0.3) is 0 Å². The van der Waals surface area contributed by atoms with Crippen molar-refractivity contribution in [3.8, 4) is 0 Å². The molecule has 43 heavy (non-hydrogen) atoms. The van der Waals surface area contributed by atoms with Crippen LogP contribution in [-0.4, -0.2) is 42.9 Å². The van der Waals surface area contributed by atoms with E-state index in [4.69, 9.17) is 0 Å². The van der Waals surface area contributed by atoms with Gasteiger partial charge in [0.25, 0.3) is 0 Å². The molecule has 5 nitrogen and oxygen atoms in total. The molecule has 2 N–H and O–H groups in total. The van der Waals surface area contributed by atoms with Crippen molar-refractivity contribution < 1.29 is 9.59 Å². The number of hydrogen-bond acceptors (Lipinski definition) is 3. The number of hydrogen-bond donors (Lipinski definition) is 2. The highest BCUT2D eigenvalue weighted by Gasteiger charge is 2.43. The lowest BCUT2D eigenvalue weighted by Crippen LogP contribution is -2.47. The maximum atomic E-state index is 14.3. The second kappa shape index (κ2) is 14.8. The number of piperidine rings is 1. The van der Waals surface area contributed by atoms with E-state index in [2.05, 4.69) is 64.1 Å². The van der Waals surface area contributed by atoms with Crippen molar-refractivity contribution in [2.24, 2.45) is 0 Å². The maximum absolute atomic E-state index is 14.3. The van der Waals surface area contributed by atoms with Gasteiger partial charge >= 0.3 is 0 Å². The van der Waals surface area contributed by atoms with E-state index >= 15 is 0 Å². The Bertz CT molecular complexity index is 1350. The van der Waals surface area contributed by atoms with E-state index in [9.17, 15) is 9.59 Å². The molecule has 2 amide bonds. The molecule has 0 radical (unpaired) electrons. The zero-order valence-electron chi connectivity index (χ0n) is 25.2. The monoisotopic (exact) mass is 573 g/mol. The fraction of sp³-hybridized carbons (Fsp3) is 0.316. The predicted octanol–water partition coefficient (Wildman–Crippen LogP) is 7.15. The van der Waals surface area contributed by atoms with Crippen LogP contribution in [0.5, 0.6) is 0 Å². The second-order valence-corrected chi connectivity index (χ2v) is 11.5. The van der Waals surface area contributed by atoms with Crippen LogP contribution in [0.1, 0.15) is 67.2 Å². The lowest BCUT2D eigenvalue weighted by molar-refractivity contribution is -0.124. The highest BCUT2D eigenvalue weighted by atomic mass is 16.2. The third-order valence-corrected chi connectivity index (χ3v) is 8.60.